The van der Waals surface area contributed by atoms with E-state index in [1.54, 1.807) is 7.11 Å². The highest BCUT2D eigenvalue weighted by molar-refractivity contribution is 5.43. The maximum atomic E-state index is 9.27. The van der Waals surface area contributed by atoms with Crippen LogP contribution in [0.15, 0.2) is 48.5 Å². The topological polar surface area (TPSA) is 64.7 Å². The van der Waals surface area contributed by atoms with Gasteiger partial charge in [-0.3, -0.25) is 0 Å². The zero-order valence-electron chi connectivity index (χ0n) is 12.9. The molecule has 0 aliphatic rings. The Morgan fingerprint density at radius 1 is 1.05 bits per heavy atom. The number of rotatable bonds is 8. The van der Waals surface area contributed by atoms with Crippen molar-refractivity contribution in [1.29, 1.82) is 0 Å². The lowest BCUT2D eigenvalue weighted by Gasteiger charge is -2.15. The summed E-state index contributed by atoms with van der Waals surface area (Å²) < 4.78 is 11.2. The van der Waals surface area contributed by atoms with Crippen LogP contribution in [0, 0.1) is 5.92 Å². The van der Waals surface area contributed by atoms with Crippen molar-refractivity contribution in [2.45, 2.75) is 13.0 Å². The lowest BCUT2D eigenvalue weighted by atomic mass is 10.00. The molecule has 118 valence electrons. The number of benzene rings is 2. The molecule has 0 saturated carbocycles. The molecule has 0 aromatic heterocycles. The fourth-order valence-electron chi connectivity index (χ4n) is 2.25. The molecule has 4 nitrogen and oxygen atoms in total. The van der Waals surface area contributed by atoms with Crippen molar-refractivity contribution in [1.82, 2.24) is 0 Å². The lowest BCUT2D eigenvalue weighted by Crippen LogP contribution is -2.20. The second-order valence-electron chi connectivity index (χ2n) is 5.25. The predicted octanol–water partition coefficient (Wildman–Crippen LogP) is 2.38. The van der Waals surface area contributed by atoms with E-state index in [1.807, 2.05) is 48.5 Å². The predicted molar refractivity (Wildman–Crippen MR) is 87.1 cm³/mol. The van der Waals surface area contributed by atoms with Gasteiger partial charge in [-0.15, -0.1) is 0 Å². The summed E-state index contributed by atoms with van der Waals surface area (Å²) in [6.07, 6.45) is 0.721. The van der Waals surface area contributed by atoms with Crippen molar-refractivity contribution < 1.29 is 14.6 Å². The number of nitrogens with two attached hydrogens (primary N) is 1. The number of ether oxygens (including phenoxy) is 2. The van der Waals surface area contributed by atoms with Crippen molar-refractivity contribution in [3.63, 3.8) is 0 Å². The Hall–Kier alpha value is -2.04. The molecule has 0 heterocycles. The van der Waals surface area contributed by atoms with E-state index in [0.29, 0.717) is 24.7 Å². The minimum Gasteiger partial charge on any atom is -0.493 e. The van der Waals surface area contributed by atoms with Crippen molar-refractivity contribution in [2.24, 2.45) is 11.7 Å². The van der Waals surface area contributed by atoms with Gasteiger partial charge in [-0.1, -0.05) is 36.4 Å². The summed E-state index contributed by atoms with van der Waals surface area (Å²) in [5.41, 5.74) is 7.82. The van der Waals surface area contributed by atoms with Gasteiger partial charge < -0.3 is 20.3 Å². The zero-order valence-corrected chi connectivity index (χ0v) is 12.9. The number of methoxy groups -OCH3 is 1. The molecule has 2 aromatic carbocycles. The van der Waals surface area contributed by atoms with Gasteiger partial charge in [0.2, 0.25) is 0 Å². The van der Waals surface area contributed by atoms with E-state index in [2.05, 4.69) is 0 Å². The number of hydrogen-bond donors (Lipinski definition) is 2. The summed E-state index contributed by atoms with van der Waals surface area (Å²) in [7, 11) is 1.63. The molecule has 0 aliphatic carbocycles. The van der Waals surface area contributed by atoms with E-state index in [1.165, 1.54) is 0 Å². The van der Waals surface area contributed by atoms with Crippen LogP contribution in [0.2, 0.25) is 0 Å². The summed E-state index contributed by atoms with van der Waals surface area (Å²) in [5.74, 6) is 1.47. The molecular weight excluding hydrogens is 278 g/mol. The van der Waals surface area contributed by atoms with Gasteiger partial charge in [0.25, 0.3) is 0 Å². The fourth-order valence-corrected chi connectivity index (χ4v) is 2.25. The largest absolute Gasteiger partial charge is 0.493 e. The number of aliphatic hydroxyl groups is 1. The second-order valence-corrected chi connectivity index (χ2v) is 5.25. The van der Waals surface area contributed by atoms with E-state index < -0.39 is 0 Å². The Kier molecular flexibility index (Phi) is 6.25. The SMILES string of the molecule is COc1ccc(CC(CN)CO)cc1OCc1ccccc1. The molecule has 0 bridgehead atoms. The Bertz CT molecular complexity index is 568. The normalized spacial score (nSPS) is 12.0. The van der Waals surface area contributed by atoms with Crippen LogP contribution in [0.4, 0.5) is 0 Å². The smallest absolute Gasteiger partial charge is 0.161 e. The van der Waals surface area contributed by atoms with Crippen molar-refractivity contribution in [3.05, 3.63) is 59.7 Å². The number of aliphatic hydroxyl groups excluding tert-OH is 1. The molecule has 0 fully saturated rings. The molecule has 2 rings (SSSR count). The molecular formula is C18H23NO3. The maximum Gasteiger partial charge on any atom is 0.161 e. The van der Waals surface area contributed by atoms with Gasteiger partial charge in [-0.25, -0.2) is 0 Å². The van der Waals surface area contributed by atoms with Gasteiger partial charge in [0, 0.05) is 6.61 Å². The maximum absolute atomic E-state index is 9.27. The Balaban J connectivity index is 2.10. The van der Waals surface area contributed by atoms with Gasteiger partial charge in [-0.2, -0.15) is 0 Å². The average Bonchev–Trinajstić information content (AvgIpc) is 2.58. The highest BCUT2D eigenvalue weighted by Gasteiger charge is 2.10. The average molecular weight is 301 g/mol. The molecule has 0 saturated heterocycles. The first-order valence-electron chi connectivity index (χ1n) is 7.41. The molecule has 0 radical (unpaired) electrons. The minimum atomic E-state index is 0.0652. The minimum absolute atomic E-state index is 0.0652. The van der Waals surface area contributed by atoms with E-state index >= 15 is 0 Å². The number of hydrogen-bond acceptors (Lipinski definition) is 4. The first-order valence-corrected chi connectivity index (χ1v) is 7.41. The molecule has 4 heteroatoms. The van der Waals surface area contributed by atoms with Crippen LogP contribution in [-0.2, 0) is 13.0 Å². The third kappa shape index (κ3) is 4.48. The molecule has 0 spiro atoms. The van der Waals surface area contributed by atoms with Crippen LogP contribution in [-0.4, -0.2) is 25.4 Å². The van der Waals surface area contributed by atoms with Crippen LogP contribution in [0.3, 0.4) is 0 Å². The molecule has 1 atom stereocenters. The molecule has 22 heavy (non-hydrogen) atoms. The van der Waals surface area contributed by atoms with Crippen molar-refractivity contribution >= 4 is 0 Å². The van der Waals surface area contributed by atoms with Crippen LogP contribution < -0.4 is 15.2 Å². The monoisotopic (exact) mass is 301 g/mol. The van der Waals surface area contributed by atoms with E-state index in [-0.39, 0.29) is 12.5 Å². The van der Waals surface area contributed by atoms with Crippen LogP contribution in [0.1, 0.15) is 11.1 Å². The van der Waals surface area contributed by atoms with E-state index in [0.717, 1.165) is 17.5 Å². The van der Waals surface area contributed by atoms with Gasteiger partial charge >= 0.3 is 0 Å². The fraction of sp³-hybridized carbons (Fsp3) is 0.333. The first kappa shape index (κ1) is 16.3. The van der Waals surface area contributed by atoms with Gasteiger partial charge in [0.15, 0.2) is 11.5 Å². The second kappa shape index (κ2) is 8.41. The molecule has 1 unspecified atom stereocenters. The summed E-state index contributed by atoms with van der Waals surface area (Å²) in [5, 5.41) is 9.27. The summed E-state index contributed by atoms with van der Waals surface area (Å²) >= 11 is 0. The summed E-state index contributed by atoms with van der Waals surface area (Å²) in [6.45, 7) is 1.03. The highest BCUT2D eigenvalue weighted by atomic mass is 16.5. The quantitative estimate of drug-likeness (QED) is 0.786. The Labute approximate surface area is 131 Å². The highest BCUT2D eigenvalue weighted by Crippen LogP contribution is 2.29. The molecule has 2 aromatic rings. The Morgan fingerprint density at radius 3 is 2.45 bits per heavy atom. The van der Waals surface area contributed by atoms with Crippen LogP contribution in [0.25, 0.3) is 0 Å². The van der Waals surface area contributed by atoms with E-state index in [4.69, 9.17) is 15.2 Å². The Morgan fingerprint density at radius 2 is 1.82 bits per heavy atom. The molecule has 0 aliphatic heterocycles. The van der Waals surface area contributed by atoms with Crippen molar-refractivity contribution in [3.8, 4) is 11.5 Å². The zero-order chi connectivity index (χ0) is 15.8. The first-order chi connectivity index (χ1) is 10.8. The van der Waals surface area contributed by atoms with Gasteiger partial charge in [-0.05, 0) is 42.1 Å². The standard InChI is InChI=1S/C18H23NO3/c1-21-17-8-7-15(9-16(11-19)12-20)10-18(17)22-13-14-5-3-2-4-6-14/h2-8,10,16,20H,9,11-13,19H2,1H3. The van der Waals surface area contributed by atoms with Crippen LogP contribution >= 0.6 is 0 Å². The van der Waals surface area contributed by atoms with Crippen LogP contribution in [0.5, 0.6) is 11.5 Å². The van der Waals surface area contributed by atoms with Crippen molar-refractivity contribution in [2.75, 3.05) is 20.3 Å². The van der Waals surface area contributed by atoms with E-state index in [9.17, 15) is 5.11 Å². The van der Waals surface area contributed by atoms with Gasteiger partial charge in [0.05, 0.1) is 7.11 Å². The summed E-state index contributed by atoms with van der Waals surface area (Å²) in [6, 6.07) is 15.8. The molecule has 3 N–H and O–H groups in total. The summed E-state index contributed by atoms with van der Waals surface area (Å²) in [4.78, 5) is 0. The third-order valence-electron chi connectivity index (χ3n) is 3.58. The van der Waals surface area contributed by atoms with Gasteiger partial charge in [0.1, 0.15) is 6.61 Å². The lowest BCUT2D eigenvalue weighted by molar-refractivity contribution is 0.229. The molecule has 0 amide bonds. The third-order valence-corrected chi connectivity index (χ3v) is 3.58.